The molecule has 0 aliphatic rings. The van der Waals surface area contributed by atoms with Crippen LogP contribution in [-0.2, 0) is 9.59 Å². The number of hydrogen-bond donors (Lipinski definition) is 1. The molecular weight excluding hydrogens is 265 g/mol. The van der Waals surface area contributed by atoms with Gasteiger partial charge in [-0.2, -0.15) is 0 Å². The maximum Gasteiger partial charge on any atom is 0.331 e. The molecular formula is C14H18FNO4. The van der Waals surface area contributed by atoms with Crippen molar-refractivity contribution in [2.24, 2.45) is 0 Å². The lowest BCUT2D eigenvalue weighted by atomic mass is 10.0. The first kappa shape index (κ1) is 15.9. The fraction of sp³-hybridized carbons (Fsp3) is 0.429. The minimum atomic E-state index is -1.23. The van der Waals surface area contributed by atoms with Crippen molar-refractivity contribution in [1.82, 2.24) is 4.90 Å². The number of carbonyl (C=O) groups excluding carboxylic acids is 1. The van der Waals surface area contributed by atoms with E-state index in [-0.39, 0.29) is 23.3 Å². The highest BCUT2D eigenvalue weighted by molar-refractivity contribution is 5.83. The van der Waals surface area contributed by atoms with Crippen molar-refractivity contribution in [3.05, 3.63) is 29.6 Å². The van der Waals surface area contributed by atoms with Crippen molar-refractivity contribution in [2.75, 3.05) is 7.11 Å². The summed E-state index contributed by atoms with van der Waals surface area (Å²) >= 11 is 0. The molecule has 20 heavy (non-hydrogen) atoms. The summed E-state index contributed by atoms with van der Waals surface area (Å²) in [5.41, 5.74) is 0.194. The van der Waals surface area contributed by atoms with Gasteiger partial charge in [-0.1, -0.05) is 6.07 Å². The normalized spacial score (nSPS) is 12.1. The van der Waals surface area contributed by atoms with Gasteiger partial charge >= 0.3 is 5.97 Å². The van der Waals surface area contributed by atoms with Crippen LogP contribution in [0.3, 0.4) is 0 Å². The molecule has 1 amide bonds. The summed E-state index contributed by atoms with van der Waals surface area (Å²) in [6.07, 6.45) is 0. The Kier molecular flexibility index (Phi) is 5.07. The average Bonchev–Trinajstić information content (AvgIpc) is 2.34. The summed E-state index contributed by atoms with van der Waals surface area (Å²) in [7, 11) is 1.32. The number of hydrogen-bond acceptors (Lipinski definition) is 3. The number of ether oxygens (including phenoxy) is 1. The summed E-state index contributed by atoms with van der Waals surface area (Å²) < 4.78 is 18.5. The number of carboxylic acids is 1. The van der Waals surface area contributed by atoms with Gasteiger partial charge in [0.1, 0.15) is 0 Å². The second-order valence-electron chi connectivity index (χ2n) is 4.65. The van der Waals surface area contributed by atoms with Gasteiger partial charge < -0.3 is 14.7 Å². The number of carbonyl (C=O) groups is 2. The van der Waals surface area contributed by atoms with E-state index in [9.17, 15) is 19.1 Å². The number of carboxylic acid groups (broad SMARTS) is 1. The van der Waals surface area contributed by atoms with Crippen LogP contribution in [0.5, 0.6) is 5.75 Å². The van der Waals surface area contributed by atoms with E-state index in [0.717, 1.165) is 6.07 Å². The third-order valence-corrected chi connectivity index (χ3v) is 2.92. The van der Waals surface area contributed by atoms with Crippen LogP contribution in [-0.4, -0.2) is 35.0 Å². The molecule has 0 saturated carbocycles. The van der Waals surface area contributed by atoms with Gasteiger partial charge in [-0.05, 0) is 31.5 Å². The Morgan fingerprint density at radius 1 is 1.35 bits per heavy atom. The molecule has 110 valence electrons. The molecule has 1 N–H and O–H groups in total. The number of halogens is 1. The van der Waals surface area contributed by atoms with Crippen molar-refractivity contribution in [3.63, 3.8) is 0 Å². The molecule has 0 aromatic heterocycles. The Hall–Kier alpha value is -2.11. The van der Waals surface area contributed by atoms with Gasteiger partial charge in [0.15, 0.2) is 17.6 Å². The van der Waals surface area contributed by atoms with E-state index < -0.39 is 17.8 Å². The molecule has 0 saturated heterocycles. The number of methoxy groups -OCH3 is 1. The minimum Gasteiger partial charge on any atom is -0.494 e. The summed E-state index contributed by atoms with van der Waals surface area (Å²) in [5.74, 6) is -2.23. The number of nitrogens with zero attached hydrogens (tertiary/aromatic N) is 1. The monoisotopic (exact) mass is 283 g/mol. The predicted molar refractivity (Wildman–Crippen MR) is 71.0 cm³/mol. The molecule has 1 atom stereocenters. The van der Waals surface area contributed by atoms with E-state index in [1.54, 1.807) is 13.8 Å². The zero-order valence-electron chi connectivity index (χ0n) is 11.9. The Labute approximate surface area is 117 Å². The van der Waals surface area contributed by atoms with Crippen LogP contribution >= 0.6 is 0 Å². The Bertz CT molecular complexity index is 516. The first-order valence-electron chi connectivity index (χ1n) is 6.14. The lowest BCUT2D eigenvalue weighted by molar-refractivity contribution is -0.151. The third kappa shape index (κ3) is 3.26. The van der Waals surface area contributed by atoms with Crippen molar-refractivity contribution < 1.29 is 23.8 Å². The Morgan fingerprint density at radius 2 is 1.95 bits per heavy atom. The van der Waals surface area contributed by atoms with Crippen molar-refractivity contribution in [1.29, 1.82) is 0 Å². The topological polar surface area (TPSA) is 66.8 Å². The Morgan fingerprint density at radius 3 is 2.30 bits per heavy atom. The zero-order chi connectivity index (χ0) is 15.4. The molecule has 0 fully saturated rings. The number of aliphatic carboxylic acids is 1. The highest BCUT2D eigenvalue weighted by Gasteiger charge is 2.31. The van der Waals surface area contributed by atoms with Crippen LogP contribution in [0.4, 0.5) is 4.39 Å². The van der Waals surface area contributed by atoms with Crippen LogP contribution in [0.25, 0.3) is 0 Å². The summed E-state index contributed by atoms with van der Waals surface area (Å²) in [6.45, 7) is 4.70. The van der Waals surface area contributed by atoms with Crippen LogP contribution < -0.4 is 4.74 Å². The standard InChI is InChI=1S/C14H18FNO4/c1-8(2)16(9(3)17)13(14(18)19)10-5-6-12(20-4)11(15)7-10/h5-8,13H,1-4H3,(H,18,19). The van der Waals surface area contributed by atoms with Gasteiger partial charge in [0.05, 0.1) is 7.11 Å². The molecule has 0 heterocycles. The van der Waals surface area contributed by atoms with Crippen LogP contribution in [0, 0.1) is 5.82 Å². The van der Waals surface area contributed by atoms with Gasteiger partial charge in [0, 0.05) is 13.0 Å². The first-order chi connectivity index (χ1) is 9.29. The lowest BCUT2D eigenvalue weighted by Crippen LogP contribution is -2.42. The van der Waals surface area contributed by atoms with E-state index in [0.29, 0.717) is 0 Å². The highest BCUT2D eigenvalue weighted by atomic mass is 19.1. The van der Waals surface area contributed by atoms with Gasteiger partial charge in [0.2, 0.25) is 5.91 Å². The SMILES string of the molecule is COc1ccc(C(C(=O)O)N(C(C)=O)C(C)C)cc1F. The molecule has 0 spiro atoms. The molecule has 1 aromatic carbocycles. The fourth-order valence-corrected chi connectivity index (χ4v) is 2.12. The van der Waals surface area contributed by atoms with Crippen LogP contribution in [0.15, 0.2) is 18.2 Å². The predicted octanol–water partition coefficient (Wildman–Crippen LogP) is 2.22. The molecule has 0 aliphatic heterocycles. The summed E-state index contributed by atoms with van der Waals surface area (Å²) in [6, 6.07) is 2.32. The molecule has 1 unspecified atom stereocenters. The smallest absolute Gasteiger partial charge is 0.331 e. The molecule has 1 rings (SSSR count). The summed E-state index contributed by atoms with van der Waals surface area (Å²) in [4.78, 5) is 24.3. The number of rotatable bonds is 5. The largest absolute Gasteiger partial charge is 0.494 e. The second kappa shape index (κ2) is 6.36. The van der Waals surface area contributed by atoms with Gasteiger partial charge in [-0.3, -0.25) is 4.79 Å². The van der Waals surface area contributed by atoms with Crippen LogP contribution in [0.1, 0.15) is 32.4 Å². The quantitative estimate of drug-likeness (QED) is 0.899. The second-order valence-corrected chi connectivity index (χ2v) is 4.65. The van der Waals surface area contributed by atoms with Gasteiger partial charge in [-0.25, -0.2) is 9.18 Å². The lowest BCUT2D eigenvalue weighted by Gasteiger charge is -2.31. The fourth-order valence-electron chi connectivity index (χ4n) is 2.12. The third-order valence-electron chi connectivity index (χ3n) is 2.92. The molecule has 6 heteroatoms. The number of benzene rings is 1. The molecule has 5 nitrogen and oxygen atoms in total. The van der Waals surface area contributed by atoms with Gasteiger partial charge in [-0.15, -0.1) is 0 Å². The van der Waals surface area contributed by atoms with E-state index in [4.69, 9.17) is 4.74 Å². The first-order valence-corrected chi connectivity index (χ1v) is 6.14. The van der Waals surface area contributed by atoms with E-state index in [1.807, 2.05) is 0 Å². The molecule has 0 radical (unpaired) electrons. The van der Waals surface area contributed by atoms with E-state index in [2.05, 4.69) is 0 Å². The minimum absolute atomic E-state index is 0.0248. The van der Waals surface area contributed by atoms with Crippen molar-refractivity contribution in [3.8, 4) is 5.75 Å². The maximum absolute atomic E-state index is 13.7. The zero-order valence-corrected chi connectivity index (χ0v) is 11.9. The van der Waals surface area contributed by atoms with Crippen molar-refractivity contribution in [2.45, 2.75) is 32.9 Å². The van der Waals surface area contributed by atoms with Crippen molar-refractivity contribution >= 4 is 11.9 Å². The highest BCUT2D eigenvalue weighted by Crippen LogP contribution is 2.27. The van der Waals surface area contributed by atoms with Crippen LogP contribution in [0.2, 0.25) is 0 Å². The molecule has 0 aliphatic carbocycles. The summed E-state index contributed by atoms with van der Waals surface area (Å²) in [5, 5.41) is 9.36. The van der Waals surface area contributed by atoms with E-state index >= 15 is 0 Å². The molecule has 0 bridgehead atoms. The number of amides is 1. The average molecular weight is 283 g/mol. The van der Waals surface area contributed by atoms with Gasteiger partial charge in [0.25, 0.3) is 0 Å². The maximum atomic E-state index is 13.7. The Balaban J connectivity index is 3.30. The molecule has 1 aromatic rings. The van der Waals surface area contributed by atoms with E-state index in [1.165, 1.54) is 31.1 Å².